The van der Waals surface area contributed by atoms with E-state index in [0.29, 0.717) is 29.2 Å². The molecule has 6 heteroatoms. The average molecular weight is 507 g/mol. The lowest BCUT2D eigenvalue weighted by atomic mass is 9.65. The van der Waals surface area contributed by atoms with Gasteiger partial charge in [-0.2, -0.15) is 0 Å². The maximum atomic E-state index is 15.0. The number of rotatable bonds is 9. The van der Waals surface area contributed by atoms with Gasteiger partial charge in [0.15, 0.2) is 0 Å². The van der Waals surface area contributed by atoms with Crippen LogP contribution in [0.2, 0.25) is 0 Å². The molecule has 1 fully saturated rings. The van der Waals surface area contributed by atoms with Crippen LogP contribution in [0, 0.1) is 11.2 Å². The van der Waals surface area contributed by atoms with E-state index in [4.69, 9.17) is 14.6 Å². The molecule has 0 saturated heterocycles. The zero-order valence-electron chi connectivity index (χ0n) is 21.7. The molecule has 0 heterocycles. The van der Waals surface area contributed by atoms with E-state index in [-0.39, 0.29) is 23.6 Å². The summed E-state index contributed by atoms with van der Waals surface area (Å²) in [7, 11) is 1.58. The molecule has 1 aliphatic carbocycles. The number of carboxylic acid groups (broad SMARTS) is 1. The van der Waals surface area contributed by atoms with Gasteiger partial charge < -0.3 is 19.7 Å². The zero-order valence-corrected chi connectivity index (χ0v) is 21.7. The molecule has 37 heavy (non-hydrogen) atoms. The molecular weight excluding hydrogens is 471 g/mol. The second kappa shape index (κ2) is 11.3. The van der Waals surface area contributed by atoms with Crippen molar-refractivity contribution in [1.29, 1.82) is 0 Å². The third kappa shape index (κ3) is 6.31. The lowest BCUT2D eigenvalue weighted by molar-refractivity contribution is -0.139. The number of carboxylic acids is 1. The SMILES string of the molecule is COc1ccc(F)c(-c2ccc(COc3cccc([C@H](O)CC(=O)O)c3)cc2[C@H]2CCCCC2(C)C)c1. The molecule has 4 rings (SSSR count). The quantitative estimate of drug-likeness (QED) is 0.319. The molecule has 1 saturated carbocycles. The van der Waals surface area contributed by atoms with Gasteiger partial charge in [0.1, 0.15) is 23.9 Å². The van der Waals surface area contributed by atoms with Gasteiger partial charge in [-0.15, -0.1) is 0 Å². The van der Waals surface area contributed by atoms with Crippen molar-refractivity contribution in [3.8, 4) is 22.6 Å². The third-order valence-electron chi connectivity index (χ3n) is 7.48. The summed E-state index contributed by atoms with van der Waals surface area (Å²) in [5.41, 5.74) is 4.05. The van der Waals surface area contributed by atoms with Crippen LogP contribution in [0.25, 0.3) is 11.1 Å². The minimum Gasteiger partial charge on any atom is -0.497 e. The molecule has 0 aliphatic heterocycles. The first-order chi connectivity index (χ1) is 17.7. The van der Waals surface area contributed by atoms with E-state index in [9.17, 15) is 9.90 Å². The molecule has 3 aromatic rings. The van der Waals surface area contributed by atoms with Crippen LogP contribution in [0.15, 0.2) is 60.7 Å². The van der Waals surface area contributed by atoms with Gasteiger partial charge in [-0.3, -0.25) is 4.79 Å². The Morgan fingerprint density at radius 2 is 1.86 bits per heavy atom. The second-order valence-electron chi connectivity index (χ2n) is 10.5. The Morgan fingerprint density at radius 1 is 1.05 bits per heavy atom. The predicted octanol–water partition coefficient (Wildman–Crippen LogP) is 7.27. The fourth-order valence-electron chi connectivity index (χ4n) is 5.41. The summed E-state index contributed by atoms with van der Waals surface area (Å²) in [6.07, 6.45) is 3.02. The number of hydrogen-bond acceptors (Lipinski definition) is 4. The molecule has 0 radical (unpaired) electrons. The molecule has 3 aromatic carbocycles. The molecule has 2 atom stereocenters. The predicted molar refractivity (Wildman–Crippen MR) is 141 cm³/mol. The van der Waals surface area contributed by atoms with Gasteiger partial charge in [0, 0.05) is 5.56 Å². The molecule has 0 bridgehead atoms. The van der Waals surface area contributed by atoms with E-state index in [2.05, 4.69) is 19.9 Å². The third-order valence-corrected chi connectivity index (χ3v) is 7.48. The van der Waals surface area contributed by atoms with E-state index in [0.717, 1.165) is 36.0 Å². The lowest BCUT2D eigenvalue weighted by Gasteiger charge is -2.40. The highest BCUT2D eigenvalue weighted by Crippen LogP contribution is 2.49. The highest BCUT2D eigenvalue weighted by atomic mass is 19.1. The van der Waals surface area contributed by atoms with Crippen molar-refractivity contribution >= 4 is 5.97 Å². The second-order valence-corrected chi connectivity index (χ2v) is 10.5. The standard InChI is InChI=1S/C31H35FO5/c1-31(2)14-5-4-9-27(31)25-15-20(10-12-24(25)26-17-22(36-3)11-13-28(26)32)19-37-23-8-6-7-21(16-23)29(33)18-30(34)35/h6-8,10-13,15-17,27,29,33H,4-5,9,14,18-19H2,1-3H3,(H,34,35)/t27-,29-/m1/s1. The molecule has 2 N–H and O–H groups in total. The summed E-state index contributed by atoms with van der Waals surface area (Å²) in [5, 5.41) is 19.1. The fraction of sp³-hybridized carbons (Fsp3) is 0.387. The van der Waals surface area contributed by atoms with Crippen LogP contribution in [-0.2, 0) is 11.4 Å². The Balaban J connectivity index is 1.66. The average Bonchev–Trinajstić information content (AvgIpc) is 2.87. The minimum atomic E-state index is -1.10. The highest BCUT2D eigenvalue weighted by molar-refractivity contribution is 5.71. The minimum absolute atomic E-state index is 0.0798. The molecule has 1 aliphatic rings. The summed E-state index contributed by atoms with van der Waals surface area (Å²) in [6.45, 7) is 4.87. The number of aliphatic hydroxyl groups is 1. The summed E-state index contributed by atoms with van der Waals surface area (Å²) in [5.74, 6) is 0.0873. The van der Waals surface area contributed by atoms with Crippen molar-refractivity contribution < 1.29 is 28.9 Å². The van der Waals surface area contributed by atoms with E-state index in [1.54, 1.807) is 43.5 Å². The van der Waals surface area contributed by atoms with E-state index in [1.165, 1.54) is 12.5 Å². The molecular formula is C31H35FO5. The van der Waals surface area contributed by atoms with Crippen LogP contribution in [0.3, 0.4) is 0 Å². The van der Waals surface area contributed by atoms with Gasteiger partial charge in [0.2, 0.25) is 0 Å². The maximum absolute atomic E-state index is 15.0. The van der Waals surface area contributed by atoms with Crippen LogP contribution in [0.1, 0.15) is 74.7 Å². The van der Waals surface area contributed by atoms with Gasteiger partial charge >= 0.3 is 5.97 Å². The molecule has 0 aromatic heterocycles. The molecule has 0 unspecified atom stereocenters. The Hall–Kier alpha value is -3.38. The number of halogens is 1. The number of aliphatic carboxylic acids is 1. The van der Waals surface area contributed by atoms with Gasteiger partial charge in [-0.1, -0.05) is 57.0 Å². The Bertz CT molecular complexity index is 1250. The summed E-state index contributed by atoms with van der Waals surface area (Å²) in [6, 6.07) is 17.8. The number of ether oxygens (including phenoxy) is 2. The number of methoxy groups -OCH3 is 1. The zero-order chi connectivity index (χ0) is 26.6. The smallest absolute Gasteiger partial charge is 0.306 e. The van der Waals surface area contributed by atoms with Gasteiger partial charge in [0.25, 0.3) is 0 Å². The van der Waals surface area contributed by atoms with E-state index in [1.807, 2.05) is 12.1 Å². The Kier molecular flexibility index (Phi) is 8.18. The van der Waals surface area contributed by atoms with Crippen molar-refractivity contribution in [2.45, 2.75) is 64.6 Å². The molecule has 196 valence electrons. The van der Waals surface area contributed by atoms with Crippen LogP contribution in [0.4, 0.5) is 4.39 Å². The normalized spacial score (nSPS) is 17.7. The summed E-state index contributed by atoms with van der Waals surface area (Å²) < 4.78 is 26.5. The Labute approximate surface area is 217 Å². The van der Waals surface area contributed by atoms with E-state index < -0.39 is 12.1 Å². The molecule has 5 nitrogen and oxygen atoms in total. The van der Waals surface area contributed by atoms with Crippen molar-refractivity contribution in [2.24, 2.45) is 5.41 Å². The summed E-state index contributed by atoms with van der Waals surface area (Å²) in [4.78, 5) is 11.0. The number of carbonyl (C=O) groups is 1. The van der Waals surface area contributed by atoms with Crippen LogP contribution in [-0.4, -0.2) is 23.3 Å². The number of benzene rings is 3. The van der Waals surface area contributed by atoms with Crippen LogP contribution in [0.5, 0.6) is 11.5 Å². The number of hydrogen-bond donors (Lipinski definition) is 2. The van der Waals surface area contributed by atoms with Gasteiger partial charge in [0.05, 0.1) is 19.6 Å². The molecule has 0 spiro atoms. The lowest BCUT2D eigenvalue weighted by Crippen LogP contribution is -2.26. The van der Waals surface area contributed by atoms with Crippen molar-refractivity contribution in [3.63, 3.8) is 0 Å². The fourth-order valence-corrected chi connectivity index (χ4v) is 5.41. The van der Waals surface area contributed by atoms with E-state index >= 15 is 4.39 Å². The van der Waals surface area contributed by atoms with Crippen LogP contribution < -0.4 is 9.47 Å². The monoisotopic (exact) mass is 506 g/mol. The molecule has 0 amide bonds. The Morgan fingerprint density at radius 3 is 2.59 bits per heavy atom. The van der Waals surface area contributed by atoms with Crippen molar-refractivity contribution in [1.82, 2.24) is 0 Å². The number of aliphatic hydroxyl groups excluding tert-OH is 1. The first kappa shape index (κ1) is 26.7. The summed E-state index contributed by atoms with van der Waals surface area (Å²) >= 11 is 0. The van der Waals surface area contributed by atoms with Crippen LogP contribution >= 0.6 is 0 Å². The van der Waals surface area contributed by atoms with Gasteiger partial charge in [-0.25, -0.2) is 4.39 Å². The van der Waals surface area contributed by atoms with Crippen molar-refractivity contribution in [2.75, 3.05) is 7.11 Å². The topological polar surface area (TPSA) is 76.0 Å². The van der Waals surface area contributed by atoms with Gasteiger partial charge in [-0.05, 0) is 76.8 Å². The maximum Gasteiger partial charge on any atom is 0.306 e. The van der Waals surface area contributed by atoms with Crippen molar-refractivity contribution in [3.05, 3.63) is 83.2 Å². The first-order valence-corrected chi connectivity index (χ1v) is 12.8. The largest absolute Gasteiger partial charge is 0.497 e. The highest BCUT2D eigenvalue weighted by Gasteiger charge is 2.35. The first-order valence-electron chi connectivity index (χ1n) is 12.8.